The Balaban J connectivity index is 1.85. The molecule has 0 aromatic heterocycles. The Morgan fingerprint density at radius 3 is 2.41 bits per heavy atom. The van der Waals surface area contributed by atoms with Crippen LogP contribution in [0.15, 0.2) is 30.3 Å². The van der Waals surface area contributed by atoms with Gasteiger partial charge in [0.05, 0.1) is 12.6 Å². The van der Waals surface area contributed by atoms with Crippen LogP contribution in [0.2, 0.25) is 0 Å². The Kier molecular flexibility index (Phi) is 9.00. The number of fused-ring (bicyclic) bond motifs is 2. The summed E-state index contributed by atoms with van der Waals surface area (Å²) in [5.41, 5.74) is 0.879. The number of amides is 4. The second-order valence-electron chi connectivity index (χ2n) is 9.34. The zero-order valence-electron chi connectivity index (χ0n) is 20.0. The number of benzene rings is 1. The zero-order chi connectivity index (χ0) is 24.7. The summed E-state index contributed by atoms with van der Waals surface area (Å²) in [6, 6.07) is 7.77. The molecule has 4 atom stereocenters. The van der Waals surface area contributed by atoms with Crippen LogP contribution >= 0.6 is 0 Å². The third kappa shape index (κ3) is 7.26. The van der Waals surface area contributed by atoms with Crippen molar-refractivity contribution in [2.75, 3.05) is 33.2 Å². The average Bonchev–Trinajstić information content (AvgIpc) is 2.81. The molecule has 0 spiro atoms. The molecule has 4 N–H and O–H groups in total. The van der Waals surface area contributed by atoms with Crippen molar-refractivity contribution in [2.24, 2.45) is 5.92 Å². The molecule has 0 saturated carbocycles. The molecule has 0 aliphatic carbocycles. The highest BCUT2D eigenvalue weighted by Crippen LogP contribution is 2.10. The second kappa shape index (κ2) is 11.9. The van der Waals surface area contributed by atoms with Crippen LogP contribution in [-0.2, 0) is 30.3 Å². The van der Waals surface area contributed by atoms with E-state index in [1.165, 1.54) is 11.9 Å². The van der Waals surface area contributed by atoms with Crippen molar-refractivity contribution in [1.29, 1.82) is 0 Å². The van der Waals surface area contributed by atoms with Crippen molar-refractivity contribution < 1.29 is 23.9 Å². The summed E-state index contributed by atoms with van der Waals surface area (Å²) in [4.78, 5) is 53.1. The summed E-state index contributed by atoms with van der Waals surface area (Å²) in [6.45, 7) is 4.68. The molecule has 4 amide bonds. The molecular weight excluding hydrogens is 438 g/mol. The summed E-state index contributed by atoms with van der Waals surface area (Å²) in [5.74, 6) is -1.39. The fourth-order valence-electron chi connectivity index (χ4n) is 4.13. The first-order chi connectivity index (χ1) is 16.2. The molecule has 2 aliphatic heterocycles. The maximum absolute atomic E-state index is 13.3. The van der Waals surface area contributed by atoms with Crippen LogP contribution in [0.3, 0.4) is 0 Å². The minimum atomic E-state index is -0.868. The van der Waals surface area contributed by atoms with Crippen molar-refractivity contribution >= 4 is 23.6 Å². The van der Waals surface area contributed by atoms with E-state index in [1.807, 2.05) is 44.2 Å². The molecule has 1 aromatic carbocycles. The van der Waals surface area contributed by atoms with E-state index >= 15 is 0 Å². The fourth-order valence-corrected chi connectivity index (χ4v) is 4.13. The van der Waals surface area contributed by atoms with Crippen LogP contribution in [0, 0.1) is 5.92 Å². The first kappa shape index (κ1) is 25.6. The van der Waals surface area contributed by atoms with E-state index in [2.05, 4.69) is 21.3 Å². The monoisotopic (exact) mass is 473 g/mol. The van der Waals surface area contributed by atoms with Gasteiger partial charge in [0.1, 0.15) is 18.2 Å². The van der Waals surface area contributed by atoms with Gasteiger partial charge in [-0.05, 0) is 17.9 Å². The van der Waals surface area contributed by atoms with Crippen molar-refractivity contribution in [2.45, 2.75) is 51.0 Å². The van der Waals surface area contributed by atoms with Gasteiger partial charge >= 0.3 is 0 Å². The van der Waals surface area contributed by atoms with Crippen LogP contribution in [0.5, 0.6) is 0 Å². The van der Waals surface area contributed by atoms with Crippen molar-refractivity contribution in [3.8, 4) is 0 Å². The SMILES string of the molecule is CC(C)C[C@@H]1NC(=O)CN(C)C(=O)[C@@H](Cc2ccccc2)NC(=O)[C@H]2CNC[C@@H](CNC1=O)O2. The van der Waals surface area contributed by atoms with Crippen LogP contribution < -0.4 is 21.3 Å². The number of nitrogens with one attached hydrogen (secondary N) is 4. The fraction of sp³-hybridized carbons (Fsp3) is 0.583. The number of ether oxygens (including phenoxy) is 1. The summed E-state index contributed by atoms with van der Waals surface area (Å²) in [7, 11) is 1.51. The smallest absolute Gasteiger partial charge is 0.251 e. The van der Waals surface area contributed by atoms with E-state index in [0.29, 0.717) is 19.5 Å². The third-order valence-corrected chi connectivity index (χ3v) is 5.87. The lowest BCUT2D eigenvalue weighted by Gasteiger charge is -2.31. The molecule has 34 heavy (non-hydrogen) atoms. The van der Waals surface area contributed by atoms with Crippen molar-refractivity contribution in [1.82, 2.24) is 26.2 Å². The van der Waals surface area contributed by atoms with E-state index in [1.54, 1.807) is 0 Å². The molecule has 2 heterocycles. The van der Waals surface area contributed by atoms with Gasteiger partial charge in [-0.25, -0.2) is 0 Å². The summed E-state index contributed by atoms with van der Waals surface area (Å²) in [6.07, 6.45) is -0.488. The van der Waals surface area contributed by atoms with Gasteiger partial charge < -0.3 is 30.9 Å². The highest BCUT2D eigenvalue weighted by atomic mass is 16.5. The predicted octanol–water partition coefficient (Wildman–Crippen LogP) is -0.810. The molecule has 10 heteroatoms. The van der Waals surface area contributed by atoms with Gasteiger partial charge in [0.15, 0.2) is 0 Å². The molecule has 10 nitrogen and oxygen atoms in total. The lowest BCUT2D eigenvalue weighted by molar-refractivity contribution is -0.144. The van der Waals surface area contributed by atoms with Gasteiger partial charge in [-0.1, -0.05) is 44.2 Å². The van der Waals surface area contributed by atoms with Crippen LogP contribution in [0.25, 0.3) is 0 Å². The van der Waals surface area contributed by atoms with Crippen LogP contribution in [0.1, 0.15) is 25.8 Å². The minimum Gasteiger partial charge on any atom is -0.361 e. The normalized spacial score (nSPS) is 27.4. The lowest BCUT2D eigenvalue weighted by Crippen LogP contribution is -2.57. The molecule has 0 unspecified atom stereocenters. The molecule has 2 aliphatic rings. The molecule has 0 radical (unpaired) electrons. The van der Waals surface area contributed by atoms with Gasteiger partial charge in [-0.2, -0.15) is 0 Å². The predicted molar refractivity (Wildman–Crippen MR) is 126 cm³/mol. The van der Waals surface area contributed by atoms with E-state index in [4.69, 9.17) is 4.74 Å². The van der Waals surface area contributed by atoms with Gasteiger partial charge in [0.2, 0.25) is 17.7 Å². The van der Waals surface area contributed by atoms with Gasteiger partial charge in [0.25, 0.3) is 5.91 Å². The highest BCUT2D eigenvalue weighted by Gasteiger charge is 2.33. The molecule has 3 rings (SSSR count). The van der Waals surface area contributed by atoms with E-state index in [9.17, 15) is 19.2 Å². The Labute approximate surface area is 200 Å². The molecule has 186 valence electrons. The number of hydrogen-bond donors (Lipinski definition) is 4. The number of morpholine rings is 1. The molecular formula is C24H35N5O5. The largest absolute Gasteiger partial charge is 0.361 e. The number of nitrogens with zero attached hydrogens (tertiary/aromatic N) is 1. The van der Waals surface area contributed by atoms with Gasteiger partial charge in [-0.3, -0.25) is 19.2 Å². The summed E-state index contributed by atoms with van der Waals surface area (Å²) >= 11 is 0. The van der Waals surface area contributed by atoms with Crippen LogP contribution in [-0.4, -0.2) is 86.0 Å². The Morgan fingerprint density at radius 1 is 0.971 bits per heavy atom. The lowest BCUT2D eigenvalue weighted by atomic mass is 10.0. The quantitative estimate of drug-likeness (QED) is 0.453. The van der Waals surface area contributed by atoms with E-state index in [-0.39, 0.29) is 31.3 Å². The maximum Gasteiger partial charge on any atom is 0.251 e. The third-order valence-electron chi connectivity index (χ3n) is 5.87. The molecule has 2 bridgehead atoms. The maximum atomic E-state index is 13.3. The number of carbonyl (C=O) groups excluding carboxylic acids is 4. The minimum absolute atomic E-state index is 0.173. The number of carbonyl (C=O) groups is 4. The summed E-state index contributed by atoms with van der Waals surface area (Å²) < 4.78 is 5.92. The molecule has 1 aromatic rings. The first-order valence-electron chi connectivity index (χ1n) is 11.8. The second-order valence-corrected chi connectivity index (χ2v) is 9.34. The first-order valence-corrected chi connectivity index (χ1v) is 11.8. The van der Waals surface area contributed by atoms with Gasteiger partial charge in [0, 0.05) is 33.1 Å². The average molecular weight is 474 g/mol. The molecule has 2 saturated heterocycles. The van der Waals surface area contributed by atoms with E-state index in [0.717, 1.165) is 5.56 Å². The van der Waals surface area contributed by atoms with E-state index < -0.39 is 42.0 Å². The number of likely N-dealkylation sites (N-methyl/N-ethyl adjacent to an activating group) is 1. The van der Waals surface area contributed by atoms with Gasteiger partial charge in [-0.15, -0.1) is 0 Å². The number of hydrogen-bond acceptors (Lipinski definition) is 6. The topological polar surface area (TPSA) is 129 Å². The van der Waals surface area contributed by atoms with Crippen molar-refractivity contribution in [3.05, 3.63) is 35.9 Å². The van der Waals surface area contributed by atoms with Crippen LogP contribution in [0.4, 0.5) is 0 Å². The Morgan fingerprint density at radius 2 is 1.71 bits per heavy atom. The summed E-state index contributed by atoms with van der Waals surface area (Å²) in [5, 5.41) is 11.6. The Hall–Kier alpha value is -2.98. The molecule has 2 fully saturated rings. The zero-order valence-corrected chi connectivity index (χ0v) is 20.0. The number of rotatable bonds is 4. The van der Waals surface area contributed by atoms with Crippen molar-refractivity contribution in [3.63, 3.8) is 0 Å². The Bertz CT molecular complexity index is 878. The highest BCUT2D eigenvalue weighted by molar-refractivity contribution is 5.93. The standard InChI is InChI=1S/C24H35N5O5/c1-15(2)9-18-22(31)26-12-17-11-25-13-20(34-17)23(32)28-19(10-16-7-5-4-6-8-16)24(33)29(3)14-21(30)27-18/h4-8,15,17-20,25H,9-14H2,1-3H3,(H,26,31)(H,27,30)(H,28,32)/t17-,18-,19+,20+/m0/s1.